The molecule has 15 heteroatoms. The number of hydrogen-bond acceptors (Lipinski definition) is 9. The lowest BCUT2D eigenvalue weighted by atomic mass is 10.00. The van der Waals surface area contributed by atoms with Crippen LogP contribution in [0, 0.1) is 5.92 Å². The summed E-state index contributed by atoms with van der Waals surface area (Å²) in [7, 11) is 2.57. The van der Waals surface area contributed by atoms with E-state index in [1.165, 1.54) is 14.2 Å². The van der Waals surface area contributed by atoms with Crippen molar-refractivity contribution >= 4 is 34.8 Å². The summed E-state index contributed by atoms with van der Waals surface area (Å²) in [6, 6.07) is 23.6. The molecule has 2 fully saturated rings. The van der Waals surface area contributed by atoms with Gasteiger partial charge in [-0.05, 0) is 71.7 Å². The summed E-state index contributed by atoms with van der Waals surface area (Å²) >= 11 is 0. The zero-order valence-corrected chi connectivity index (χ0v) is 34.6. The van der Waals surface area contributed by atoms with E-state index in [0.29, 0.717) is 24.5 Å². The van der Waals surface area contributed by atoms with Gasteiger partial charge in [0.1, 0.15) is 23.7 Å². The number of H-pyrrole nitrogens is 2. The lowest BCUT2D eigenvalue weighted by Gasteiger charge is -2.29. The van der Waals surface area contributed by atoms with Crippen LogP contribution in [0.15, 0.2) is 97.5 Å². The third-order valence-corrected chi connectivity index (χ3v) is 11.6. The van der Waals surface area contributed by atoms with Crippen LogP contribution >= 0.6 is 0 Å². The predicted octanol–water partition coefficient (Wildman–Crippen LogP) is 7.49. The monoisotopic (exact) mass is 823 g/mol. The molecule has 3 aromatic carbocycles. The van der Waals surface area contributed by atoms with Crippen LogP contribution in [0.2, 0.25) is 0 Å². The van der Waals surface area contributed by atoms with E-state index in [9.17, 15) is 19.2 Å². The first-order chi connectivity index (χ1) is 29.6. The Morgan fingerprint density at radius 2 is 1.34 bits per heavy atom. The fraction of sp³-hybridized carbons (Fsp3) is 0.326. The van der Waals surface area contributed by atoms with E-state index in [0.717, 1.165) is 76.1 Å². The van der Waals surface area contributed by atoms with Gasteiger partial charge in [-0.3, -0.25) is 14.6 Å². The van der Waals surface area contributed by atoms with Crippen LogP contribution < -0.4 is 10.6 Å². The highest BCUT2D eigenvalue weighted by atomic mass is 16.5. The third kappa shape index (κ3) is 8.54. The molecule has 8 rings (SSSR count). The molecule has 314 valence electrons. The maximum absolute atomic E-state index is 13.9. The summed E-state index contributed by atoms with van der Waals surface area (Å²) in [4.78, 5) is 76.4. The first-order valence-corrected chi connectivity index (χ1v) is 20.6. The number of aromatic nitrogens is 5. The summed E-state index contributed by atoms with van der Waals surface area (Å²) in [6.45, 7) is 4.93. The van der Waals surface area contributed by atoms with Crippen LogP contribution in [0.3, 0.4) is 0 Å². The van der Waals surface area contributed by atoms with Crippen molar-refractivity contribution in [3.63, 3.8) is 0 Å². The Labute approximate surface area is 353 Å². The second-order valence-electron chi connectivity index (χ2n) is 15.8. The van der Waals surface area contributed by atoms with Gasteiger partial charge < -0.3 is 39.9 Å². The molecule has 5 heterocycles. The van der Waals surface area contributed by atoms with Gasteiger partial charge in [0.05, 0.1) is 49.6 Å². The van der Waals surface area contributed by atoms with E-state index in [-0.39, 0.29) is 29.8 Å². The molecule has 3 aromatic heterocycles. The Kier molecular flexibility index (Phi) is 11.8. The van der Waals surface area contributed by atoms with Crippen molar-refractivity contribution in [1.29, 1.82) is 0 Å². The van der Waals surface area contributed by atoms with Gasteiger partial charge in [-0.15, -0.1) is 0 Å². The summed E-state index contributed by atoms with van der Waals surface area (Å²) in [5.74, 6) is 0.901. The average Bonchev–Trinajstić information content (AvgIpc) is 4.14. The van der Waals surface area contributed by atoms with Gasteiger partial charge >= 0.3 is 12.2 Å². The lowest BCUT2D eigenvalue weighted by molar-refractivity contribution is -0.135. The van der Waals surface area contributed by atoms with Gasteiger partial charge in [-0.2, -0.15) is 0 Å². The van der Waals surface area contributed by atoms with Crippen LogP contribution in [-0.4, -0.2) is 92.1 Å². The molecule has 0 saturated carbocycles. The number of alkyl carbamates (subject to hydrolysis) is 2. The Morgan fingerprint density at radius 3 is 2.02 bits per heavy atom. The van der Waals surface area contributed by atoms with Crippen LogP contribution in [0.4, 0.5) is 9.59 Å². The quantitative estimate of drug-likeness (QED) is 0.103. The number of pyridine rings is 1. The van der Waals surface area contributed by atoms with Crippen molar-refractivity contribution in [2.45, 2.75) is 63.7 Å². The number of nitrogens with zero attached hydrogens (tertiary/aromatic N) is 5. The molecule has 0 spiro atoms. The van der Waals surface area contributed by atoms with E-state index in [1.807, 2.05) is 79.7 Å². The second-order valence-corrected chi connectivity index (χ2v) is 15.8. The van der Waals surface area contributed by atoms with Crippen molar-refractivity contribution < 1.29 is 28.7 Å². The Bertz CT molecular complexity index is 2540. The summed E-state index contributed by atoms with van der Waals surface area (Å²) in [5, 5.41) is 7.53. The normalized spacial score (nSPS) is 17.3. The summed E-state index contributed by atoms with van der Waals surface area (Å²) in [5.41, 5.74) is 5.85. The number of carbonyl (C=O) groups is 4. The molecule has 0 aliphatic carbocycles. The third-order valence-electron chi connectivity index (χ3n) is 11.6. The second kappa shape index (κ2) is 17.7. The minimum absolute atomic E-state index is 0.111. The smallest absolute Gasteiger partial charge is 0.407 e. The van der Waals surface area contributed by atoms with Crippen molar-refractivity contribution in [3.05, 3.63) is 115 Å². The predicted molar refractivity (Wildman–Crippen MR) is 229 cm³/mol. The van der Waals surface area contributed by atoms with Crippen molar-refractivity contribution in [2.24, 2.45) is 5.92 Å². The highest BCUT2D eigenvalue weighted by Gasteiger charge is 2.39. The topological polar surface area (TPSA) is 188 Å². The number of imidazole rings is 2. The average molecular weight is 824 g/mol. The number of rotatable bonds is 11. The molecule has 61 heavy (non-hydrogen) atoms. The lowest BCUT2D eigenvalue weighted by Crippen LogP contribution is -2.51. The van der Waals surface area contributed by atoms with Crippen molar-refractivity contribution in [1.82, 2.24) is 45.4 Å². The van der Waals surface area contributed by atoms with E-state index in [4.69, 9.17) is 19.4 Å². The summed E-state index contributed by atoms with van der Waals surface area (Å²) in [6.07, 6.45) is 7.31. The van der Waals surface area contributed by atoms with Crippen LogP contribution in [0.1, 0.15) is 74.9 Å². The minimum Gasteiger partial charge on any atom is -0.453 e. The molecule has 0 unspecified atom stereocenters. The molecular weight excluding hydrogens is 775 g/mol. The molecule has 2 aliphatic heterocycles. The first-order valence-electron chi connectivity index (χ1n) is 20.6. The van der Waals surface area contributed by atoms with E-state index >= 15 is 0 Å². The number of methoxy groups -OCH3 is 2. The molecule has 4 atom stereocenters. The standard InChI is InChI=1S/C46H49N9O6/c1-27(2)39(52-45(58)60-3)43(56)54-20-8-12-37(54)41-48-25-35(50-41)32-17-16-29-22-31(15-14-30(29)23-32)33-18-19-34(47-24-33)36-26-49-42(51-36)38-13-9-21-55(38)44(57)40(53-46(59)61-4)28-10-6-5-7-11-28/h5-7,10-11,14-19,22-27,37-40H,8-9,12-13,20-21H2,1-4H3,(H,48,50)(H,49,51)(H,52,58)(H,53,59)/t37-,38-,39-,40+/m0/s1. The first kappa shape index (κ1) is 40.7. The fourth-order valence-corrected chi connectivity index (χ4v) is 8.38. The maximum atomic E-state index is 13.9. The molecule has 0 radical (unpaired) electrons. The van der Waals surface area contributed by atoms with Gasteiger partial charge in [-0.1, -0.05) is 74.5 Å². The number of likely N-dealkylation sites (tertiary alicyclic amines) is 2. The van der Waals surface area contributed by atoms with Crippen LogP contribution in [0.5, 0.6) is 0 Å². The Morgan fingerprint density at radius 1 is 0.705 bits per heavy atom. The number of aromatic amines is 2. The van der Waals surface area contributed by atoms with E-state index in [1.54, 1.807) is 11.1 Å². The van der Waals surface area contributed by atoms with Gasteiger partial charge in [0.25, 0.3) is 5.91 Å². The molecule has 6 aromatic rings. The largest absolute Gasteiger partial charge is 0.453 e. The minimum atomic E-state index is -0.893. The zero-order chi connectivity index (χ0) is 42.6. The van der Waals surface area contributed by atoms with Gasteiger partial charge in [0.2, 0.25) is 5.91 Å². The van der Waals surface area contributed by atoms with E-state index in [2.05, 4.69) is 55.9 Å². The summed E-state index contributed by atoms with van der Waals surface area (Å²) < 4.78 is 9.59. The SMILES string of the molecule is COC(=O)N[C@H](C(=O)N1CCC[C@H]1c1nc(-c2ccc3cc(-c4ccc(-c5cnc([C@@H]6CCCN6C(=O)[C@H](NC(=O)OC)c6ccccc6)[nH]5)nc4)ccc3c2)c[nH]1)C(C)C. The van der Waals surface area contributed by atoms with Gasteiger partial charge in [0.15, 0.2) is 0 Å². The number of ether oxygens (including phenoxy) is 2. The number of nitrogens with one attached hydrogen (secondary N) is 4. The highest BCUT2D eigenvalue weighted by Crippen LogP contribution is 2.36. The van der Waals surface area contributed by atoms with E-state index < -0.39 is 24.3 Å². The fourth-order valence-electron chi connectivity index (χ4n) is 8.38. The number of benzene rings is 3. The molecule has 4 N–H and O–H groups in total. The maximum Gasteiger partial charge on any atom is 0.407 e. The molecule has 4 amide bonds. The van der Waals surface area contributed by atoms with Gasteiger partial charge in [0, 0.05) is 36.6 Å². The van der Waals surface area contributed by atoms with Gasteiger partial charge in [-0.25, -0.2) is 19.6 Å². The zero-order valence-electron chi connectivity index (χ0n) is 34.6. The molecular formula is C46H49N9O6. The molecule has 15 nitrogen and oxygen atoms in total. The Balaban J connectivity index is 0.942. The molecule has 2 aliphatic rings. The van der Waals surface area contributed by atoms with Crippen LogP contribution in [-0.2, 0) is 19.1 Å². The number of amides is 4. The highest BCUT2D eigenvalue weighted by molar-refractivity contribution is 5.91. The van der Waals surface area contributed by atoms with Crippen molar-refractivity contribution in [2.75, 3.05) is 27.3 Å². The number of carbonyl (C=O) groups excluding carboxylic acids is 4. The van der Waals surface area contributed by atoms with Crippen molar-refractivity contribution in [3.8, 4) is 33.8 Å². The molecule has 0 bridgehead atoms. The number of hydrogen-bond donors (Lipinski definition) is 4. The Hall–Kier alpha value is -7.03. The van der Waals surface area contributed by atoms with Crippen LogP contribution in [0.25, 0.3) is 44.5 Å². The molecule has 2 saturated heterocycles. The number of fused-ring (bicyclic) bond motifs is 1.